The van der Waals surface area contributed by atoms with Crippen molar-refractivity contribution < 1.29 is 45.8 Å². The van der Waals surface area contributed by atoms with Crippen LogP contribution < -0.4 is 10.6 Å². The first-order valence-electron chi connectivity index (χ1n) is 11.7. The quantitative estimate of drug-likeness (QED) is 0.252. The van der Waals surface area contributed by atoms with Crippen molar-refractivity contribution in [1.29, 1.82) is 0 Å². The number of fused-ring (bicyclic) bond motifs is 1. The molecule has 0 bridgehead atoms. The standard InChI is InChI=1S/C23H25F6N5O4/c1-2-3-4-30-20(36)19-17-11-33(5-6-34(17)21(32-19)23(27,28)29)18(35)9-13(31-22(37)38)7-12-8-15(25)16(26)10-14(12)24/h8,10,13,31H,2-7,9,11H2,1H3,(H,30,36)(H,37,38)/t13-/m1/s1. The van der Waals surface area contributed by atoms with Crippen LogP contribution in [0.2, 0.25) is 0 Å². The van der Waals surface area contributed by atoms with Crippen LogP contribution in [0.1, 0.15) is 53.8 Å². The Morgan fingerprint density at radius 3 is 2.42 bits per heavy atom. The van der Waals surface area contributed by atoms with Gasteiger partial charge in [0.25, 0.3) is 5.91 Å². The van der Waals surface area contributed by atoms with Gasteiger partial charge in [0.15, 0.2) is 17.3 Å². The summed E-state index contributed by atoms with van der Waals surface area (Å²) in [5, 5.41) is 13.6. The number of imidazole rings is 1. The summed E-state index contributed by atoms with van der Waals surface area (Å²) < 4.78 is 82.4. The molecule has 0 spiro atoms. The third kappa shape index (κ3) is 6.75. The van der Waals surface area contributed by atoms with E-state index in [4.69, 9.17) is 5.11 Å². The number of unbranched alkanes of at least 4 members (excludes halogenated alkanes) is 1. The largest absolute Gasteiger partial charge is 0.465 e. The molecular formula is C23H25F6N5O4. The van der Waals surface area contributed by atoms with E-state index < -0.39 is 78.5 Å². The van der Waals surface area contributed by atoms with Gasteiger partial charge in [-0.1, -0.05) is 13.3 Å². The molecule has 1 atom stereocenters. The number of hydrogen-bond donors (Lipinski definition) is 3. The summed E-state index contributed by atoms with van der Waals surface area (Å²) in [5.74, 6) is -6.77. The van der Waals surface area contributed by atoms with Gasteiger partial charge in [0.05, 0.1) is 12.2 Å². The van der Waals surface area contributed by atoms with E-state index in [0.29, 0.717) is 18.6 Å². The van der Waals surface area contributed by atoms with Crippen LogP contribution in [0.4, 0.5) is 31.1 Å². The Labute approximate surface area is 212 Å². The van der Waals surface area contributed by atoms with Crippen LogP contribution in [0.15, 0.2) is 12.1 Å². The fraction of sp³-hybridized carbons (Fsp3) is 0.478. The van der Waals surface area contributed by atoms with E-state index in [1.807, 2.05) is 12.2 Å². The second-order valence-electron chi connectivity index (χ2n) is 8.72. The molecule has 0 fully saturated rings. The number of rotatable bonds is 9. The summed E-state index contributed by atoms with van der Waals surface area (Å²) in [6.07, 6.45) is -6.16. The number of halogens is 6. The molecule has 2 heterocycles. The Hall–Kier alpha value is -3.78. The highest BCUT2D eigenvalue weighted by Gasteiger charge is 2.41. The average molecular weight is 549 g/mol. The lowest BCUT2D eigenvalue weighted by Gasteiger charge is -2.31. The van der Waals surface area contributed by atoms with Crippen LogP contribution in [0.5, 0.6) is 0 Å². The Morgan fingerprint density at radius 1 is 1.11 bits per heavy atom. The number of amides is 3. The SMILES string of the molecule is CCCCNC(=O)c1nc(C(F)(F)F)n2c1CN(C(=O)C[C@@H](Cc1cc(F)c(F)cc1F)NC(=O)O)CC2. The van der Waals surface area contributed by atoms with Crippen LogP contribution in [-0.2, 0) is 30.5 Å². The fourth-order valence-electron chi connectivity index (χ4n) is 4.12. The molecule has 0 saturated carbocycles. The predicted molar refractivity (Wildman–Crippen MR) is 119 cm³/mol. The number of carboxylic acid groups (broad SMARTS) is 1. The molecule has 1 aromatic heterocycles. The highest BCUT2D eigenvalue weighted by atomic mass is 19.4. The lowest BCUT2D eigenvalue weighted by molar-refractivity contribution is -0.148. The molecule has 9 nitrogen and oxygen atoms in total. The predicted octanol–water partition coefficient (Wildman–Crippen LogP) is 3.46. The Kier molecular flexibility index (Phi) is 8.89. The first-order chi connectivity index (χ1) is 17.8. The third-order valence-electron chi connectivity index (χ3n) is 5.95. The number of nitrogens with zero attached hydrogens (tertiary/aromatic N) is 3. The zero-order chi connectivity index (χ0) is 28.2. The number of benzene rings is 1. The van der Waals surface area contributed by atoms with E-state index in [2.05, 4.69) is 10.3 Å². The van der Waals surface area contributed by atoms with Gasteiger partial charge in [0.1, 0.15) is 5.82 Å². The number of carbonyl (C=O) groups is 3. The average Bonchev–Trinajstić information content (AvgIpc) is 3.22. The minimum atomic E-state index is -4.85. The first kappa shape index (κ1) is 28.8. The molecule has 3 N–H and O–H groups in total. The molecule has 0 saturated heterocycles. The van der Waals surface area contributed by atoms with E-state index in [-0.39, 0.29) is 30.9 Å². The maximum atomic E-state index is 14.1. The minimum absolute atomic E-state index is 0.139. The lowest BCUT2D eigenvalue weighted by Crippen LogP contribution is -2.44. The zero-order valence-electron chi connectivity index (χ0n) is 20.2. The maximum absolute atomic E-state index is 14.1. The summed E-state index contributed by atoms with van der Waals surface area (Å²) >= 11 is 0. The van der Waals surface area contributed by atoms with Crippen molar-refractivity contribution in [1.82, 2.24) is 25.1 Å². The second kappa shape index (κ2) is 11.7. The van der Waals surface area contributed by atoms with E-state index in [1.54, 1.807) is 0 Å². The second-order valence-corrected chi connectivity index (χ2v) is 8.72. The number of nitrogens with one attached hydrogen (secondary N) is 2. The molecule has 1 aromatic carbocycles. The van der Waals surface area contributed by atoms with Gasteiger partial charge in [0, 0.05) is 38.2 Å². The van der Waals surface area contributed by atoms with Crippen LogP contribution in [-0.4, -0.2) is 56.6 Å². The van der Waals surface area contributed by atoms with Gasteiger partial charge < -0.3 is 25.2 Å². The normalized spacial score (nSPS) is 14.1. The highest BCUT2D eigenvalue weighted by Crippen LogP contribution is 2.32. The third-order valence-corrected chi connectivity index (χ3v) is 5.95. The molecule has 2 aromatic rings. The van der Waals surface area contributed by atoms with Gasteiger partial charge in [-0.15, -0.1) is 0 Å². The van der Waals surface area contributed by atoms with Crippen molar-refractivity contribution in [2.24, 2.45) is 0 Å². The monoisotopic (exact) mass is 549 g/mol. The van der Waals surface area contributed by atoms with Crippen LogP contribution in [0.3, 0.4) is 0 Å². The molecule has 208 valence electrons. The molecule has 15 heteroatoms. The van der Waals surface area contributed by atoms with E-state index >= 15 is 0 Å². The van der Waals surface area contributed by atoms with E-state index in [0.717, 1.165) is 15.9 Å². The van der Waals surface area contributed by atoms with Gasteiger partial charge >= 0.3 is 12.3 Å². The van der Waals surface area contributed by atoms with Gasteiger partial charge in [-0.25, -0.2) is 22.9 Å². The molecule has 3 rings (SSSR count). The summed E-state index contributed by atoms with van der Waals surface area (Å²) in [7, 11) is 0. The summed E-state index contributed by atoms with van der Waals surface area (Å²) in [4.78, 5) is 41.4. The van der Waals surface area contributed by atoms with Gasteiger partial charge in [-0.3, -0.25) is 9.59 Å². The maximum Gasteiger partial charge on any atom is 0.449 e. The molecule has 3 amide bonds. The highest BCUT2D eigenvalue weighted by molar-refractivity contribution is 5.93. The zero-order valence-corrected chi connectivity index (χ0v) is 20.2. The molecule has 0 radical (unpaired) electrons. The number of alkyl halides is 3. The van der Waals surface area contributed by atoms with Crippen molar-refractivity contribution in [2.45, 2.75) is 57.9 Å². The summed E-state index contributed by atoms with van der Waals surface area (Å²) in [6, 6.07) is -0.428. The Balaban J connectivity index is 1.82. The topological polar surface area (TPSA) is 117 Å². The molecule has 0 aliphatic carbocycles. The summed E-state index contributed by atoms with van der Waals surface area (Å²) in [6.45, 7) is 1.12. The molecule has 38 heavy (non-hydrogen) atoms. The van der Waals surface area contributed by atoms with Crippen molar-refractivity contribution >= 4 is 17.9 Å². The minimum Gasteiger partial charge on any atom is -0.465 e. The Morgan fingerprint density at radius 2 is 1.79 bits per heavy atom. The summed E-state index contributed by atoms with van der Waals surface area (Å²) in [5.41, 5.74) is -0.997. The molecule has 1 aliphatic rings. The Bertz CT molecular complexity index is 1220. The molecule has 1 aliphatic heterocycles. The molecule has 0 unspecified atom stereocenters. The van der Waals surface area contributed by atoms with Gasteiger partial charge in [0.2, 0.25) is 11.7 Å². The van der Waals surface area contributed by atoms with Crippen molar-refractivity contribution in [3.63, 3.8) is 0 Å². The smallest absolute Gasteiger partial charge is 0.449 e. The van der Waals surface area contributed by atoms with Gasteiger partial charge in [-0.2, -0.15) is 13.2 Å². The van der Waals surface area contributed by atoms with Crippen LogP contribution >= 0.6 is 0 Å². The van der Waals surface area contributed by atoms with Crippen molar-refractivity contribution in [3.8, 4) is 0 Å². The lowest BCUT2D eigenvalue weighted by atomic mass is 10.0. The number of carbonyl (C=O) groups excluding carboxylic acids is 2. The van der Waals surface area contributed by atoms with Crippen LogP contribution in [0, 0.1) is 17.5 Å². The first-order valence-corrected chi connectivity index (χ1v) is 11.7. The van der Waals surface area contributed by atoms with Crippen LogP contribution in [0.25, 0.3) is 0 Å². The van der Waals surface area contributed by atoms with Gasteiger partial charge in [-0.05, 0) is 24.5 Å². The fourth-order valence-corrected chi connectivity index (χ4v) is 4.12. The van der Waals surface area contributed by atoms with E-state index in [9.17, 15) is 40.7 Å². The van der Waals surface area contributed by atoms with Crippen molar-refractivity contribution in [2.75, 3.05) is 13.1 Å². The van der Waals surface area contributed by atoms with Crippen molar-refractivity contribution in [3.05, 3.63) is 52.4 Å². The van der Waals surface area contributed by atoms with E-state index in [1.165, 1.54) is 0 Å². The molecular weight excluding hydrogens is 524 g/mol. The number of aromatic nitrogens is 2. The number of hydrogen-bond acceptors (Lipinski definition) is 4.